The first-order valence-electron chi connectivity index (χ1n) is 5.77. The van der Waals surface area contributed by atoms with E-state index in [1.165, 1.54) is 5.56 Å². The first-order valence-corrected chi connectivity index (χ1v) is 5.77. The van der Waals surface area contributed by atoms with Gasteiger partial charge in [-0.2, -0.15) is 0 Å². The van der Waals surface area contributed by atoms with Crippen LogP contribution in [0.1, 0.15) is 17.2 Å². The standard InChI is InChI=1S/C14H17N3/c15-9-14(13-7-4-8-16-11-13)17-10-12-5-2-1-3-6-12/h1-8,11,14,17H,9-10,15H2. The lowest BCUT2D eigenvalue weighted by atomic mass is 10.1. The largest absolute Gasteiger partial charge is 0.329 e. The number of nitrogens with one attached hydrogen (secondary N) is 1. The number of pyridine rings is 1. The Labute approximate surface area is 102 Å². The van der Waals surface area contributed by atoms with Gasteiger partial charge >= 0.3 is 0 Å². The summed E-state index contributed by atoms with van der Waals surface area (Å²) < 4.78 is 0. The maximum absolute atomic E-state index is 5.78. The second-order valence-electron chi connectivity index (χ2n) is 3.94. The third-order valence-electron chi connectivity index (χ3n) is 2.72. The van der Waals surface area contributed by atoms with E-state index in [-0.39, 0.29) is 6.04 Å². The molecule has 0 bridgehead atoms. The molecule has 88 valence electrons. The van der Waals surface area contributed by atoms with Crippen LogP contribution in [0.2, 0.25) is 0 Å². The van der Waals surface area contributed by atoms with Gasteiger partial charge in [0, 0.05) is 31.5 Å². The van der Waals surface area contributed by atoms with Crippen molar-refractivity contribution >= 4 is 0 Å². The van der Waals surface area contributed by atoms with Gasteiger partial charge < -0.3 is 11.1 Å². The van der Waals surface area contributed by atoms with E-state index in [0.717, 1.165) is 12.1 Å². The zero-order valence-corrected chi connectivity index (χ0v) is 9.71. The number of nitrogens with two attached hydrogens (primary N) is 1. The highest BCUT2D eigenvalue weighted by molar-refractivity contribution is 5.17. The smallest absolute Gasteiger partial charge is 0.0462 e. The summed E-state index contributed by atoms with van der Waals surface area (Å²) in [7, 11) is 0. The molecular weight excluding hydrogens is 210 g/mol. The van der Waals surface area contributed by atoms with Gasteiger partial charge in [-0.05, 0) is 17.2 Å². The summed E-state index contributed by atoms with van der Waals surface area (Å²) in [4.78, 5) is 4.11. The molecule has 1 atom stereocenters. The minimum absolute atomic E-state index is 0.156. The van der Waals surface area contributed by atoms with Gasteiger partial charge in [0.05, 0.1) is 0 Å². The highest BCUT2D eigenvalue weighted by atomic mass is 14.9. The SMILES string of the molecule is NCC(NCc1ccccc1)c1cccnc1. The molecule has 1 aromatic carbocycles. The van der Waals surface area contributed by atoms with Gasteiger partial charge in [0.25, 0.3) is 0 Å². The van der Waals surface area contributed by atoms with Crippen molar-refractivity contribution in [2.45, 2.75) is 12.6 Å². The molecule has 0 radical (unpaired) electrons. The van der Waals surface area contributed by atoms with Crippen LogP contribution in [0.4, 0.5) is 0 Å². The van der Waals surface area contributed by atoms with Gasteiger partial charge in [0.2, 0.25) is 0 Å². The van der Waals surface area contributed by atoms with Gasteiger partial charge in [-0.1, -0.05) is 36.4 Å². The van der Waals surface area contributed by atoms with Gasteiger partial charge in [-0.15, -0.1) is 0 Å². The van der Waals surface area contributed by atoms with E-state index in [1.807, 2.05) is 36.5 Å². The fraction of sp³-hybridized carbons (Fsp3) is 0.214. The van der Waals surface area contributed by atoms with Gasteiger partial charge in [-0.25, -0.2) is 0 Å². The summed E-state index contributed by atoms with van der Waals surface area (Å²) in [6.07, 6.45) is 3.63. The Hall–Kier alpha value is -1.71. The first kappa shape index (κ1) is 11.8. The number of hydrogen-bond acceptors (Lipinski definition) is 3. The predicted molar refractivity (Wildman–Crippen MR) is 69.3 cm³/mol. The molecule has 1 unspecified atom stereocenters. The van der Waals surface area contributed by atoms with Crippen molar-refractivity contribution in [2.24, 2.45) is 5.73 Å². The predicted octanol–water partition coefficient (Wildman–Crippen LogP) is 1.87. The fourth-order valence-corrected chi connectivity index (χ4v) is 1.76. The van der Waals surface area contributed by atoms with Crippen molar-refractivity contribution in [3.8, 4) is 0 Å². The van der Waals surface area contributed by atoms with Gasteiger partial charge in [-0.3, -0.25) is 4.98 Å². The highest BCUT2D eigenvalue weighted by Crippen LogP contribution is 2.10. The topological polar surface area (TPSA) is 50.9 Å². The Morgan fingerprint density at radius 2 is 1.94 bits per heavy atom. The van der Waals surface area contributed by atoms with E-state index in [9.17, 15) is 0 Å². The normalized spacial score (nSPS) is 12.3. The molecule has 3 nitrogen and oxygen atoms in total. The van der Waals surface area contributed by atoms with E-state index in [4.69, 9.17) is 5.73 Å². The van der Waals surface area contributed by atoms with Crippen LogP contribution in [-0.2, 0) is 6.54 Å². The number of benzene rings is 1. The third kappa shape index (κ3) is 3.37. The van der Waals surface area contributed by atoms with Crippen LogP contribution in [-0.4, -0.2) is 11.5 Å². The van der Waals surface area contributed by atoms with E-state index in [0.29, 0.717) is 6.54 Å². The summed E-state index contributed by atoms with van der Waals surface area (Å²) in [6.45, 7) is 1.39. The Bertz CT molecular complexity index is 428. The van der Waals surface area contributed by atoms with Crippen LogP contribution >= 0.6 is 0 Å². The van der Waals surface area contributed by atoms with E-state index < -0.39 is 0 Å². The monoisotopic (exact) mass is 227 g/mol. The molecule has 1 heterocycles. The lowest BCUT2D eigenvalue weighted by Gasteiger charge is -2.16. The van der Waals surface area contributed by atoms with E-state index >= 15 is 0 Å². The number of hydrogen-bond donors (Lipinski definition) is 2. The van der Waals surface area contributed by atoms with Crippen LogP contribution < -0.4 is 11.1 Å². The molecule has 0 spiro atoms. The maximum atomic E-state index is 5.78. The van der Waals surface area contributed by atoms with Crippen molar-refractivity contribution in [1.82, 2.24) is 10.3 Å². The zero-order chi connectivity index (χ0) is 11.9. The average Bonchev–Trinajstić information content (AvgIpc) is 2.42. The second-order valence-corrected chi connectivity index (χ2v) is 3.94. The molecule has 0 aliphatic heterocycles. The Kier molecular flexibility index (Phi) is 4.24. The van der Waals surface area contributed by atoms with Crippen molar-refractivity contribution in [3.05, 3.63) is 66.0 Å². The van der Waals surface area contributed by atoms with Crippen molar-refractivity contribution in [3.63, 3.8) is 0 Å². The minimum Gasteiger partial charge on any atom is -0.329 e. The van der Waals surface area contributed by atoms with Crippen molar-refractivity contribution in [2.75, 3.05) is 6.54 Å². The molecule has 3 N–H and O–H groups in total. The molecule has 0 aliphatic rings. The molecule has 3 heteroatoms. The molecule has 0 aliphatic carbocycles. The molecule has 0 saturated heterocycles. The van der Waals surface area contributed by atoms with Crippen LogP contribution in [0.5, 0.6) is 0 Å². The Balaban J connectivity index is 1.97. The van der Waals surface area contributed by atoms with Gasteiger partial charge in [0.1, 0.15) is 0 Å². The molecule has 0 amide bonds. The maximum Gasteiger partial charge on any atom is 0.0462 e. The van der Waals surface area contributed by atoms with Crippen LogP contribution in [0.3, 0.4) is 0 Å². The number of rotatable bonds is 5. The molecule has 1 aromatic heterocycles. The highest BCUT2D eigenvalue weighted by Gasteiger charge is 2.08. The Morgan fingerprint density at radius 3 is 2.59 bits per heavy atom. The molecule has 17 heavy (non-hydrogen) atoms. The van der Waals surface area contributed by atoms with Crippen molar-refractivity contribution in [1.29, 1.82) is 0 Å². The summed E-state index contributed by atoms with van der Waals surface area (Å²) in [5.74, 6) is 0. The molecule has 2 aromatic rings. The Morgan fingerprint density at radius 1 is 1.12 bits per heavy atom. The van der Waals surface area contributed by atoms with Crippen molar-refractivity contribution < 1.29 is 0 Å². The van der Waals surface area contributed by atoms with Crippen LogP contribution in [0, 0.1) is 0 Å². The van der Waals surface area contributed by atoms with Gasteiger partial charge in [0.15, 0.2) is 0 Å². The number of aromatic nitrogens is 1. The summed E-state index contributed by atoms with van der Waals surface area (Å²) in [6, 6.07) is 14.4. The quantitative estimate of drug-likeness (QED) is 0.820. The third-order valence-corrected chi connectivity index (χ3v) is 2.72. The molecule has 0 saturated carbocycles. The number of nitrogens with zero attached hydrogens (tertiary/aromatic N) is 1. The average molecular weight is 227 g/mol. The molecule has 2 rings (SSSR count). The van der Waals surface area contributed by atoms with Crippen LogP contribution in [0.15, 0.2) is 54.9 Å². The second kappa shape index (κ2) is 6.13. The van der Waals surface area contributed by atoms with Crippen LogP contribution in [0.25, 0.3) is 0 Å². The van der Waals surface area contributed by atoms with E-state index in [1.54, 1.807) is 6.20 Å². The zero-order valence-electron chi connectivity index (χ0n) is 9.71. The summed E-state index contributed by atoms with van der Waals surface area (Å²) in [5.41, 5.74) is 8.17. The summed E-state index contributed by atoms with van der Waals surface area (Å²) >= 11 is 0. The molecule has 0 fully saturated rings. The van der Waals surface area contributed by atoms with E-state index in [2.05, 4.69) is 22.4 Å². The fourth-order valence-electron chi connectivity index (χ4n) is 1.76. The lowest BCUT2D eigenvalue weighted by molar-refractivity contribution is 0.540. The first-order chi connectivity index (χ1) is 8.40. The molecular formula is C14H17N3. The summed E-state index contributed by atoms with van der Waals surface area (Å²) in [5, 5.41) is 3.44. The minimum atomic E-state index is 0.156. The lowest BCUT2D eigenvalue weighted by Crippen LogP contribution is -2.27.